The van der Waals surface area contributed by atoms with Crippen LogP contribution in [0, 0.1) is 5.82 Å². The summed E-state index contributed by atoms with van der Waals surface area (Å²) in [6, 6.07) is 15.9. The van der Waals surface area contributed by atoms with Gasteiger partial charge >= 0.3 is 0 Å². The fraction of sp³-hybridized carbons (Fsp3) is 0.316. The van der Waals surface area contributed by atoms with Crippen LogP contribution in [0.2, 0.25) is 0 Å². The lowest BCUT2D eigenvalue weighted by molar-refractivity contribution is -0.121. The summed E-state index contributed by atoms with van der Waals surface area (Å²) in [5.74, 6) is 0.552. The van der Waals surface area contributed by atoms with Crippen molar-refractivity contribution < 1.29 is 13.9 Å². The Bertz CT molecular complexity index is 617. The van der Waals surface area contributed by atoms with Crippen molar-refractivity contribution in [1.82, 2.24) is 10.2 Å². The van der Waals surface area contributed by atoms with Gasteiger partial charge in [-0.2, -0.15) is 0 Å². The van der Waals surface area contributed by atoms with Crippen LogP contribution in [0.5, 0.6) is 5.75 Å². The molecule has 1 N–H and O–H groups in total. The number of ether oxygens (including phenoxy) is 1. The highest BCUT2D eigenvalue weighted by molar-refractivity contribution is 5.77. The van der Waals surface area contributed by atoms with Crippen LogP contribution in [-0.4, -0.2) is 44.1 Å². The predicted octanol–water partition coefficient (Wildman–Crippen LogP) is 2.50. The van der Waals surface area contributed by atoms with Crippen molar-refractivity contribution in [2.75, 3.05) is 33.3 Å². The predicted molar refractivity (Wildman–Crippen MR) is 92.5 cm³/mol. The van der Waals surface area contributed by atoms with Gasteiger partial charge in [0.05, 0.1) is 6.54 Å². The summed E-state index contributed by atoms with van der Waals surface area (Å²) >= 11 is 0. The van der Waals surface area contributed by atoms with Crippen molar-refractivity contribution in [2.45, 2.75) is 6.42 Å². The van der Waals surface area contributed by atoms with Crippen LogP contribution in [0.25, 0.3) is 0 Å². The molecular formula is C19H23FN2O2. The lowest BCUT2D eigenvalue weighted by Crippen LogP contribution is -2.37. The van der Waals surface area contributed by atoms with Gasteiger partial charge in [0.1, 0.15) is 18.2 Å². The van der Waals surface area contributed by atoms with Gasteiger partial charge in [-0.15, -0.1) is 0 Å². The van der Waals surface area contributed by atoms with Gasteiger partial charge in [0.15, 0.2) is 0 Å². The smallest absolute Gasteiger partial charge is 0.234 e. The quantitative estimate of drug-likeness (QED) is 0.768. The summed E-state index contributed by atoms with van der Waals surface area (Å²) in [7, 11) is 1.88. The third-order valence-electron chi connectivity index (χ3n) is 3.55. The van der Waals surface area contributed by atoms with Crippen molar-refractivity contribution in [2.24, 2.45) is 0 Å². The molecule has 5 heteroatoms. The number of hydrogen-bond donors (Lipinski definition) is 1. The van der Waals surface area contributed by atoms with Gasteiger partial charge in [0.2, 0.25) is 5.91 Å². The Morgan fingerprint density at radius 3 is 2.54 bits per heavy atom. The van der Waals surface area contributed by atoms with E-state index >= 15 is 0 Å². The minimum Gasteiger partial charge on any atom is -0.492 e. The second kappa shape index (κ2) is 9.67. The fourth-order valence-corrected chi connectivity index (χ4v) is 2.21. The first-order chi connectivity index (χ1) is 11.6. The van der Waals surface area contributed by atoms with Crippen molar-refractivity contribution in [3.05, 3.63) is 66.0 Å². The Morgan fingerprint density at radius 1 is 1.12 bits per heavy atom. The Morgan fingerprint density at radius 2 is 1.83 bits per heavy atom. The van der Waals surface area contributed by atoms with E-state index in [4.69, 9.17) is 4.74 Å². The number of para-hydroxylation sites is 1. The Hall–Kier alpha value is -2.40. The fourth-order valence-electron chi connectivity index (χ4n) is 2.21. The summed E-state index contributed by atoms with van der Waals surface area (Å²) in [6.07, 6.45) is 0.687. The molecule has 1 amide bonds. The van der Waals surface area contributed by atoms with Gasteiger partial charge in [0, 0.05) is 13.1 Å². The molecule has 0 radical (unpaired) electrons. The average molecular weight is 330 g/mol. The Kier molecular flexibility index (Phi) is 7.23. The third-order valence-corrected chi connectivity index (χ3v) is 3.55. The maximum absolute atomic E-state index is 12.8. The van der Waals surface area contributed by atoms with Crippen LogP contribution < -0.4 is 10.1 Å². The number of halogens is 1. The molecule has 0 aliphatic carbocycles. The van der Waals surface area contributed by atoms with E-state index < -0.39 is 0 Å². The highest BCUT2D eigenvalue weighted by atomic mass is 19.1. The summed E-state index contributed by atoms with van der Waals surface area (Å²) in [5.41, 5.74) is 1.00. The molecule has 0 heterocycles. The molecule has 2 aromatic carbocycles. The molecule has 0 aromatic heterocycles. The van der Waals surface area contributed by atoms with E-state index in [-0.39, 0.29) is 11.7 Å². The molecule has 0 saturated heterocycles. The van der Waals surface area contributed by atoms with Gasteiger partial charge < -0.3 is 10.1 Å². The summed E-state index contributed by atoms with van der Waals surface area (Å²) in [5, 5.41) is 2.87. The van der Waals surface area contributed by atoms with Gasteiger partial charge in [-0.25, -0.2) is 4.39 Å². The highest BCUT2D eigenvalue weighted by Gasteiger charge is 2.06. The zero-order valence-corrected chi connectivity index (χ0v) is 13.9. The minimum absolute atomic E-state index is 0.0284. The first-order valence-corrected chi connectivity index (χ1v) is 8.01. The third kappa shape index (κ3) is 6.79. The number of nitrogens with one attached hydrogen (secondary N) is 1. The topological polar surface area (TPSA) is 41.6 Å². The monoisotopic (exact) mass is 330 g/mol. The number of hydrogen-bond acceptors (Lipinski definition) is 3. The maximum Gasteiger partial charge on any atom is 0.234 e. The van der Waals surface area contributed by atoms with E-state index in [1.807, 2.05) is 42.3 Å². The van der Waals surface area contributed by atoms with E-state index in [1.165, 1.54) is 12.1 Å². The molecule has 4 nitrogen and oxygen atoms in total. The van der Waals surface area contributed by atoms with Crippen molar-refractivity contribution in [1.29, 1.82) is 0 Å². The molecule has 2 rings (SSSR count). The molecule has 0 unspecified atom stereocenters. The van der Waals surface area contributed by atoms with E-state index in [1.54, 1.807) is 12.1 Å². The lowest BCUT2D eigenvalue weighted by atomic mass is 10.1. The Labute approximate surface area is 142 Å². The summed E-state index contributed by atoms with van der Waals surface area (Å²) in [6.45, 7) is 2.06. The van der Waals surface area contributed by atoms with Crippen molar-refractivity contribution >= 4 is 5.91 Å². The molecule has 2 aromatic rings. The van der Waals surface area contributed by atoms with Crippen LogP contribution in [-0.2, 0) is 11.2 Å². The van der Waals surface area contributed by atoms with E-state index in [0.717, 1.165) is 11.3 Å². The van der Waals surface area contributed by atoms with Crippen molar-refractivity contribution in [3.63, 3.8) is 0 Å². The van der Waals surface area contributed by atoms with Crippen LogP contribution >= 0.6 is 0 Å². The maximum atomic E-state index is 12.8. The molecule has 0 spiro atoms. The number of nitrogens with zero attached hydrogens (tertiary/aromatic N) is 1. The first kappa shape index (κ1) is 17.9. The SMILES string of the molecule is CN(CCOc1ccccc1)CC(=O)NCCc1ccc(F)cc1. The first-order valence-electron chi connectivity index (χ1n) is 8.01. The Balaban J connectivity index is 1.58. The molecule has 0 bridgehead atoms. The number of benzene rings is 2. The molecule has 0 fully saturated rings. The number of carbonyl (C=O) groups excluding carboxylic acids is 1. The minimum atomic E-state index is -0.248. The van der Waals surface area contributed by atoms with Gasteiger partial charge in [0.25, 0.3) is 0 Å². The molecule has 128 valence electrons. The van der Waals surface area contributed by atoms with Crippen LogP contribution in [0.1, 0.15) is 5.56 Å². The van der Waals surface area contributed by atoms with Crippen LogP contribution in [0.15, 0.2) is 54.6 Å². The number of rotatable bonds is 9. The van der Waals surface area contributed by atoms with Gasteiger partial charge in [-0.1, -0.05) is 30.3 Å². The molecular weight excluding hydrogens is 307 g/mol. The van der Waals surface area contributed by atoms with E-state index in [0.29, 0.717) is 32.7 Å². The number of amides is 1. The van der Waals surface area contributed by atoms with Crippen molar-refractivity contribution in [3.8, 4) is 5.75 Å². The molecule has 0 aliphatic heterocycles. The van der Waals surface area contributed by atoms with Crippen LogP contribution in [0.3, 0.4) is 0 Å². The standard InChI is InChI=1S/C19H23FN2O2/c1-22(13-14-24-18-5-3-2-4-6-18)15-19(23)21-12-11-16-7-9-17(20)10-8-16/h2-10H,11-15H2,1H3,(H,21,23). The number of likely N-dealkylation sites (N-methyl/N-ethyl adjacent to an activating group) is 1. The lowest BCUT2D eigenvalue weighted by Gasteiger charge is -2.16. The summed E-state index contributed by atoms with van der Waals surface area (Å²) in [4.78, 5) is 13.8. The molecule has 24 heavy (non-hydrogen) atoms. The molecule has 0 aliphatic rings. The average Bonchev–Trinajstić information content (AvgIpc) is 2.57. The second-order valence-electron chi connectivity index (χ2n) is 5.63. The largest absolute Gasteiger partial charge is 0.492 e. The summed E-state index contributed by atoms with van der Waals surface area (Å²) < 4.78 is 18.4. The molecule has 0 saturated carbocycles. The van der Waals surface area contributed by atoms with Gasteiger partial charge in [-0.05, 0) is 43.3 Å². The second-order valence-corrected chi connectivity index (χ2v) is 5.63. The zero-order chi connectivity index (χ0) is 17.2. The highest BCUT2D eigenvalue weighted by Crippen LogP contribution is 2.07. The normalized spacial score (nSPS) is 10.6. The molecule has 0 atom stereocenters. The van der Waals surface area contributed by atoms with E-state index in [2.05, 4.69) is 5.32 Å². The van der Waals surface area contributed by atoms with E-state index in [9.17, 15) is 9.18 Å². The van der Waals surface area contributed by atoms with Gasteiger partial charge in [-0.3, -0.25) is 9.69 Å². The zero-order valence-electron chi connectivity index (χ0n) is 13.9. The number of carbonyl (C=O) groups is 1. The van der Waals surface area contributed by atoms with Crippen LogP contribution in [0.4, 0.5) is 4.39 Å².